The summed E-state index contributed by atoms with van der Waals surface area (Å²) in [5, 5.41) is 4.86. The number of pyridine rings is 1. The third kappa shape index (κ3) is 4.68. The normalized spacial score (nSPS) is 11.5. The topological polar surface area (TPSA) is 95.4 Å². The van der Waals surface area contributed by atoms with Gasteiger partial charge in [0.1, 0.15) is 11.0 Å². The zero-order valence-corrected chi connectivity index (χ0v) is 18.1. The Morgan fingerprint density at radius 2 is 2.03 bits per heavy atom. The first-order valence-electron chi connectivity index (χ1n) is 9.80. The molecule has 2 aromatic heterocycles. The van der Waals surface area contributed by atoms with Crippen LogP contribution in [0.25, 0.3) is 27.8 Å². The minimum Gasteiger partial charge on any atom is -0.472 e. The van der Waals surface area contributed by atoms with Gasteiger partial charge in [0.05, 0.1) is 11.3 Å². The van der Waals surface area contributed by atoms with E-state index in [1.165, 1.54) is 10.7 Å². The van der Waals surface area contributed by atoms with E-state index in [4.69, 9.17) is 22.1 Å². The Kier molecular flexibility index (Phi) is 6.32. The number of aromatic nitrogens is 3. The standard InChI is InChI=1S/C23H18ClF2N5O2/c1-28-11-14-10-16(5-6-17(14)27)31-23(32)21(13-3-2-4-15(24)9-13)22-18(30-31)7-8-20(29-22)33-12-19(25)26/h2-11,19H,12,27H2,1H3. The minimum atomic E-state index is -2.66. The molecule has 0 amide bonds. The summed E-state index contributed by atoms with van der Waals surface area (Å²) < 4.78 is 31.5. The minimum absolute atomic E-state index is 0.0426. The monoisotopic (exact) mass is 469 g/mol. The van der Waals surface area contributed by atoms with E-state index in [2.05, 4.69) is 15.1 Å². The largest absolute Gasteiger partial charge is 0.472 e. The van der Waals surface area contributed by atoms with Crippen LogP contribution in [0.2, 0.25) is 5.02 Å². The van der Waals surface area contributed by atoms with Crippen molar-refractivity contribution in [2.45, 2.75) is 6.43 Å². The molecule has 2 N–H and O–H groups in total. The van der Waals surface area contributed by atoms with E-state index in [0.29, 0.717) is 33.0 Å². The zero-order valence-electron chi connectivity index (χ0n) is 17.4. The van der Waals surface area contributed by atoms with Gasteiger partial charge < -0.3 is 10.5 Å². The molecule has 168 valence electrons. The van der Waals surface area contributed by atoms with E-state index in [0.717, 1.165) is 0 Å². The smallest absolute Gasteiger partial charge is 0.281 e. The van der Waals surface area contributed by atoms with Crippen molar-refractivity contribution in [2.24, 2.45) is 4.99 Å². The highest BCUT2D eigenvalue weighted by atomic mass is 35.5. The molecule has 0 aliphatic rings. The molecule has 0 atom stereocenters. The molecular formula is C23H18ClF2N5O2. The third-order valence-electron chi connectivity index (χ3n) is 4.75. The predicted molar refractivity (Wildman–Crippen MR) is 125 cm³/mol. The number of alkyl halides is 2. The van der Waals surface area contributed by atoms with E-state index >= 15 is 0 Å². The Labute approximate surface area is 192 Å². The highest BCUT2D eigenvalue weighted by molar-refractivity contribution is 6.30. The Bertz CT molecular complexity index is 1420. The van der Waals surface area contributed by atoms with Crippen molar-refractivity contribution in [2.75, 3.05) is 19.4 Å². The fourth-order valence-electron chi connectivity index (χ4n) is 3.31. The molecule has 0 saturated carbocycles. The number of benzene rings is 2. The van der Waals surface area contributed by atoms with Crippen LogP contribution in [0.1, 0.15) is 5.56 Å². The second-order valence-corrected chi connectivity index (χ2v) is 7.46. The maximum Gasteiger partial charge on any atom is 0.281 e. The average Bonchev–Trinajstić information content (AvgIpc) is 2.79. The van der Waals surface area contributed by atoms with Crippen molar-refractivity contribution in [3.05, 3.63) is 75.5 Å². The number of nitrogens with two attached hydrogens (primary N) is 1. The van der Waals surface area contributed by atoms with Crippen LogP contribution in [0.5, 0.6) is 5.88 Å². The number of hydrogen-bond donors (Lipinski definition) is 1. The van der Waals surface area contributed by atoms with Crippen molar-refractivity contribution >= 4 is 34.5 Å². The number of nitrogen functional groups attached to an aromatic ring is 1. The molecule has 0 bridgehead atoms. The number of fused-ring (bicyclic) bond motifs is 1. The summed E-state index contributed by atoms with van der Waals surface area (Å²) >= 11 is 6.16. The third-order valence-corrected chi connectivity index (χ3v) is 4.99. The Balaban J connectivity index is 1.99. The van der Waals surface area contributed by atoms with Gasteiger partial charge in [-0.1, -0.05) is 23.7 Å². The second kappa shape index (κ2) is 9.33. The van der Waals surface area contributed by atoms with Crippen LogP contribution in [0.15, 0.2) is 64.4 Å². The van der Waals surface area contributed by atoms with Crippen molar-refractivity contribution < 1.29 is 13.5 Å². The Morgan fingerprint density at radius 3 is 2.76 bits per heavy atom. The first kappa shape index (κ1) is 22.3. The van der Waals surface area contributed by atoms with Crippen molar-refractivity contribution in [3.8, 4) is 22.7 Å². The van der Waals surface area contributed by atoms with Gasteiger partial charge in [-0.05, 0) is 42.0 Å². The number of hydrogen-bond acceptors (Lipinski definition) is 6. The molecule has 0 spiro atoms. The lowest BCUT2D eigenvalue weighted by Crippen LogP contribution is -2.24. The van der Waals surface area contributed by atoms with Gasteiger partial charge in [0, 0.05) is 35.6 Å². The average molecular weight is 470 g/mol. The molecule has 0 unspecified atom stereocenters. The highest BCUT2D eigenvalue weighted by Crippen LogP contribution is 2.28. The van der Waals surface area contributed by atoms with Crippen LogP contribution >= 0.6 is 11.6 Å². The number of rotatable bonds is 6. The molecule has 0 radical (unpaired) electrons. The van der Waals surface area contributed by atoms with Gasteiger partial charge >= 0.3 is 0 Å². The number of nitrogens with zero attached hydrogens (tertiary/aromatic N) is 4. The summed E-state index contributed by atoms with van der Waals surface area (Å²) in [6.45, 7) is -0.817. The van der Waals surface area contributed by atoms with Gasteiger partial charge in [0.15, 0.2) is 6.61 Å². The van der Waals surface area contributed by atoms with Gasteiger partial charge in [0.2, 0.25) is 5.88 Å². The molecule has 4 aromatic rings. The summed E-state index contributed by atoms with van der Waals surface area (Å²) in [7, 11) is 1.61. The molecule has 0 aliphatic heterocycles. The summed E-state index contributed by atoms with van der Waals surface area (Å²) in [5.74, 6) is -0.0426. The van der Waals surface area contributed by atoms with Crippen LogP contribution in [-0.4, -0.2) is 41.1 Å². The summed E-state index contributed by atoms with van der Waals surface area (Å²) in [5.41, 5.74) is 8.37. The predicted octanol–water partition coefficient (Wildman–Crippen LogP) is 4.38. The zero-order chi connectivity index (χ0) is 23.5. The summed E-state index contributed by atoms with van der Waals surface area (Å²) in [6, 6.07) is 14.7. The molecule has 4 rings (SSSR count). The molecular weight excluding hydrogens is 452 g/mol. The van der Waals surface area contributed by atoms with Crippen molar-refractivity contribution in [1.82, 2.24) is 14.8 Å². The molecule has 0 saturated heterocycles. The Hall–Kier alpha value is -3.85. The lowest BCUT2D eigenvalue weighted by atomic mass is 10.1. The lowest BCUT2D eigenvalue weighted by Gasteiger charge is -2.13. The number of halogens is 3. The number of anilines is 1. The maximum atomic E-state index is 13.6. The van der Waals surface area contributed by atoms with Gasteiger partial charge in [0.25, 0.3) is 12.0 Å². The Morgan fingerprint density at radius 1 is 1.21 bits per heavy atom. The number of aliphatic imine (C=N–C) groups is 1. The molecule has 0 fully saturated rings. The van der Waals surface area contributed by atoms with Gasteiger partial charge in [-0.25, -0.2) is 13.8 Å². The van der Waals surface area contributed by atoms with E-state index < -0.39 is 18.6 Å². The van der Waals surface area contributed by atoms with Gasteiger partial charge in [-0.15, -0.1) is 0 Å². The van der Waals surface area contributed by atoms with E-state index in [1.807, 2.05) is 0 Å². The fraction of sp³-hybridized carbons (Fsp3) is 0.130. The highest BCUT2D eigenvalue weighted by Gasteiger charge is 2.18. The van der Waals surface area contributed by atoms with Crippen LogP contribution in [0.4, 0.5) is 14.5 Å². The van der Waals surface area contributed by atoms with E-state index in [9.17, 15) is 13.6 Å². The molecule has 0 aliphatic carbocycles. The molecule has 2 aromatic carbocycles. The van der Waals surface area contributed by atoms with Crippen molar-refractivity contribution in [3.63, 3.8) is 0 Å². The van der Waals surface area contributed by atoms with E-state index in [1.54, 1.807) is 61.8 Å². The lowest BCUT2D eigenvalue weighted by molar-refractivity contribution is 0.0798. The van der Waals surface area contributed by atoms with Crippen LogP contribution in [0.3, 0.4) is 0 Å². The summed E-state index contributed by atoms with van der Waals surface area (Å²) in [4.78, 5) is 21.9. The number of ether oxygens (including phenoxy) is 1. The summed E-state index contributed by atoms with van der Waals surface area (Å²) in [6.07, 6.45) is -1.08. The quantitative estimate of drug-likeness (QED) is 0.334. The molecule has 7 nitrogen and oxygen atoms in total. The SMILES string of the molecule is CN=Cc1cc(-n2nc3ccc(OCC(F)F)nc3c(-c3cccc(Cl)c3)c2=O)ccc1N. The van der Waals surface area contributed by atoms with Gasteiger partial charge in [-0.2, -0.15) is 9.78 Å². The van der Waals surface area contributed by atoms with Crippen LogP contribution < -0.4 is 16.0 Å². The first-order valence-corrected chi connectivity index (χ1v) is 10.2. The second-order valence-electron chi connectivity index (χ2n) is 7.02. The van der Waals surface area contributed by atoms with Crippen LogP contribution in [0, 0.1) is 0 Å². The molecule has 2 heterocycles. The van der Waals surface area contributed by atoms with E-state index in [-0.39, 0.29) is 17.0 Å². The molecule has 33 heavy (non-hydrogen) atoms. The maximum absolute atomic E-state index is 13.6. The van der Waals surface area contributed by atoms with Gasteiger partial charge in [-0.3, -0.25) is 9.79 Å². The first-order chi connectivity index (χ1) is 15.9. The van der Waals surface area contributed by atoms with Crippen molar-refractivity contribution in [1.29, 1.82) is 0 Å². The molecule has 10 heteroatoms. The fourth-order valence-corrected chi connectivity index (χ4v) is 3.50. The van der Waals surface area contributed by atoms with Crippen LogP contribution in [-0.2, 0) is 0 Å².